The predicted molar refractivity (Wildman–Crippen MR) is 85.9 cm³/mol. The Hall–Kier alpha value is -2.82. The lowest BCUT2D eigenvalue weighted by Gasteiger charge is -2.24. The van der Waals surface area contributed by atoms with E-state index in [2.05, 4.69) is 5.32 Å². The Labute approximate surface area is 134 Å². The van der Waals surface area contributed by atoms with Gasteiger partial charge in [0.05, 0.1) is 6.54 Å². The van der Waals surface area contributed by atoms with Crippen LogP contribution in [-0.4, -0.2) is 34.1 Å². The number of aliphatic carboxylic acids is 1. The number of benzene rings is 2. The molecule has 2 N–H and O–H groups in total. The van der Waals surface area contributed by atoms with E-state index in [4.69, 9.17) is 0 Å². The van der Waals surface area contributed by atoms with E-state index >= 15 is 0 Å². The van der Waals surface area contributed by atoms with E-state index in [0.717, 1.165) is 11.1 Å². The fourth-order valence-corrected chi connectivity index (χ4v) is 2.89. The molecule has 118 valence electrons. The highest BCUT2D eigenvalue weighted by atomic mass is 16.4. The molecule has 0 aromatic heterocycles. The van der Waals surface area contributed by atoms with Crippen LogP contribution >= 0.6 is 0 Å². The van der Waals surface area contributed by atoms with Gasteiger partial charge in [-0.1, -0.05) is 60.7 Å². The molecule has 1 fully saturated rings. The molecular weight excluding hydrogens is 292 g/mol. The molecule has 1 atom stereocenters. The van der Waals surface area contributed by atoms with Gasteiger partial charge in [0.25, 0.3) is 0 Å². The Morgan fingerprint density at radius 1 is 1.04 bits per heavy atom. The maximum atomic E-state index is 12.2. The third-order valence-electron chi connectivity index (χ3n) is 4.07. The molecule has 5 nitrogen and oxygen atoms in total. The van der Waals surface area contributed by atoms with Gasteiger partial charge in [0.2, 0.25) is 0 Å². The van der Waals surface area contributed by atoms with E-state index in [9.17, 15) is 14.7 Å². The number of carbonyl (C=O) groups excluding carboxylic acids is 1. The van der Waals surface area contributed by atoms with Crippen LogP contribution in [-0.2, 0) is 17.8 Å². The number of carbonyl (C=O) groups is 2. The van der Waals surface area contributed by atoms with Crippen molar-refractivity contribution in [3.63, 3.8) is 0 Å². The van der Waals surface area contributed by atoms with Crippen LogP contribution in [0.3, 0.4) is 0 Å². The monoisotopic (exact) mass is 310 g/mol. The average Bonchev–Trinajstić information content (AvgIpc) is 2.86. The van der Waals surface area contributed by atoms with Gasteiger partial charge in [-0.25, -0.2) is 9.59 Å². The largest absolute Gasteiger partial charge is 0.479 e. The Morgan fingerprint density at radius 3 is 2.17 bits per heavy atom. The molecule has 0 bridgehead atoms. The lowest BCUT2D eigenvalue weighted by atomic mass is 9.91. The Morgan fingerprint density at radius 2 is 1.61 bits per heavy atom. The minimum absolute atomic E-state index is 0.144. The summed E-state index contributed by atoms with van der Waals surface area (Å²) in [4.78, 5) is 25.6. The molecule has 1 aliphatic rings. The van der Waals surface area contributed by atoms with Crippen LogP contribution in [0.2, 0.25) is 0 Å². The van der Waals surface area contributed by atoms with Gasteiger partial charge in [0, 0.05) is 13.0 Å². The number of urea groups is 1. The summed E-state index contributed by atoms with van der Waals surface area (Å²) in [5.74, 6) is -1.01. The van der Waals surface area contributed by atoms with Crippen molar-refractivity contribution in [2.24, 2.45) is 0 Å². The lowest BCUT2D eigenvalue weighted by Crippen LogP contribution is -2.52. The molecule has 0 aliphatic carbocycles. The Kier molecular flexibility index (Phi) is 4.02. The summed E-state index contributed by atoms with van der Waals surface area (Å²) >= 11 is 0. The van der Waals surface area contributed by atoms with Gasteiger partial charge in [0.1, 0.15) is 0 Å². The standard InChI is InChI=1S/C18H18N2O3/c21-16(22)18(11-14-7-3-1-4-8-14)13-20(17(23)19-18)12-15-9-5-2-6-10-15/h1-10H,11-13H2,(H,19,23)(H,21,22). The molecule has 2 aromatic carbocycles. The van der Waals surface area contributed by atoms with E-state index in [1.807, 2.05) is 60.7 Å². The number of nitrogens with one attached hydrogen (secondary N) is 1. The van der Waals surface area contributed by atoms with Crippen molar-refractivity contribution in [2.45, 2.75) is 18.5 Å². The summed E-state index contributed by atoms with van der Waals surface area (Å²) in [5.41, 5.74) is 0.577. The number of nitrogens with zero attached hydrogens (tertiary/aromatic N) is 1. The first kappa shape index (κ1) is 15.1. The average molecular weight is 310 g/mol. The van der Waals surface area contributed by atoms with Gasteiger partial charge in [-0.3, -0.25) is 0 Å². The first-order valence-corrected chi connectivity index (χ1v) is 7.47. The molecule has 5 heteroatoms. The Bertz CT molecular complexity index is 703. The Balaban J connectivity index is 1.80. The molecule has 1 unspecified atom stereocenters. The second-order valence-electron chi connectivity index (χ2n) is 5.82. The van der Waals surface area contributed by atoms with Gasteiger partial charge in [0.15, 0.2) is 5.54 Å². The van der Waals surface area contributed by atoms with Crippen molar-refractivity contribution in [2.75, 3.05) is 6.54 Å². The van der Waals surface area contributed by atoms with Crippen LogP contribution in [0.25, 0.3) is 0 Å². The topological polar surface area (TPSA) is 69.6 Å². The second kappa shape index (κ2) is 6.12. The van der Waals surface area contributed by atoms with Crippen molar-refractivity contribution in [1.29, 1.82) is 0 Å². The minimum Gasteiger partial charge on any atom is -0.479 e. The smallest absolute Gasteiger partial charge is 0.331 e. The van der Waals surface area contributed by atoms with Crippen LogP contribution in [0.1, 0.15) is 11.1 Å². The highest BCUT2D eigenvalue weighted by molar-refractivity contribution is 5.90. The molecule has 0 radical (unpaired) electrons. The molecule has 1 aliphatic heterocycles. The summed E-state index contributed by atoms with van der Waals surface area (Å²) in [5, 5.41) is 12.4. The van der Waals surface area contributed by atoms with E-state index in [1.54, 1.807) is 4.90 Å². The maximum Gasteiger partial charge on any atom is 0.331 e. The molecule has 0 spiro atoms. The van der Waals surface area contributed by atoms with Gasteiger partial charge >= 0.3 is 12.0 Å². The van der Waals surface area contributed by atoms with Gasteiger partial charge < -0.3 is 15.3 Å². The van der Waals surface area contributed by atoms with E-state index in [0.29, 0.717) is 6.54 Å². The number of amides is 2. The summed E-state index contributed by atoms with van der Waals surface area (Å²) in [6.07, 6.45) is 0.264. The summed E-state index contributed by atoms with van der Waals surface area (Å²) in [7, 11) is 0. The fourth-order valence-electron chi connectivity index (χ4n) is 2.89. The molecule has 1 saturated heterocycles. The lowest BCUT2D eigenvalue weighted by molar-refractivity contribution is -0.143. The predicted octanol–water partition coefficient (Wildman–Crippen LogP) is 2.28. The van der Waals surface area contributed by atoms with E-state index < -0.39 is 11.5 Å². The van der Waals surface area contributed by atoms with Gasteiger partial charge in [-0.2, -0.15) is 0 Å². The molecular formula is C18H18N2O3. The van der Waals surface area contributed by atoms with Crippen LogP contribution in [0.5, 0.6) is 0 Å². The highest BCUT2D eigenvalue weighted by Gasteiger charge is 2.48. The van der Waals surface area contributed by atoms with Crippen molar-refractivity contribution >= 4 is 12.0 Å². The van der Waals surface area contributed by atoms with Crippen LogP contribution in [0.15, 0.2) is 60.7 Å². The van der Waals surface area contributed by atoms with Crippen molar-refractivity contribution < 1.29 is 14.7 Å². The van der Waals surface area contributed by atoms with Crippen molar-refractivity contribution in [3.8, 4) is 0 Å². The molecule has 2 aromatic rings. The normalized spacial score (nSPS) is 20.3. The quantitative estimate of drug-likeness (QED) is 0.890. The van der Waals surface area contributed by atoms with Crippen LogP contribution in [0.4, 0.5) is 4.79 Å². The number of carboxylic acid groups (broad SMARTS) is 1. The van der Waals surface area contributed by atoms with Crippen molar-refractivity contribution in [3.05, 3.63) is 71.8 Å². The molecule has 3 rings (SSSR count). The molecule has 0 saturated carbocycles. The first-order valence-electron chi connectivity index (χ1n) is 7.47. The van der Waals surface area contributed by atoms with Gasteiger partial charge in [-0.15, -0.1) is 0 Å². The van der Waals surface area contributed by atoms with Crippen molar-refractivity contribution in [1.82, 2.24) is 10.2 Å². The first-order chi connectivity index (χ1) is 11.1. The maximum absolute atomic E-state index is 12.2. The number of carboxylic acids is 1. The van der Waals surface area contributed by atoms with Crippen LogP contribution < -0.4 is 5.32 Å². The molecule has 1 heterocycles. The summed E-state index contributed by atoms with van der Waals surface area (Å²) in [6.45, 7) is 0.543. The molecule has 23 heavy (non-hydrogen) atoms. The SMILES string of the molecule is O=C1NC(Cc2ccccc2)(C(=O)O)CN1Cc1ccccc1. The van der Waals surface area contributed by atoms with Crippen LogP contribution in [0, 0.1) is 0 Å². The number of rotatable bonds is 5. The zero-order chi connectivity index (χ0) is 16.3. The summed E-state index contributed by atoms with van der Waals surface area (Å²) in [6, 6.07) is 18.6. The van der Waals surface area contributed by atoms with Gasteiger partial charge in [-0.05, 0) is 11.1 Å². The highest BCUT2D eigenvalue weighted by Crippen LogP contribution is 2.23. The summed E-state index contributed by atoms with van der Waals surface area (Å²) < 4.78 is 0. The molecule has 2 amide bonds. The van der Waals surface area contributed by atoms with E-state index in [-0.39, 0.29) is 19.0 Å². The number of hydrogen-bond acceptors (Lipinski definition) is 2. The zero-order valence-corrected chi connectivity index (χ0v) is 12.6. The number of hydrogen-bond donors (Lipinski definition) is 2. The minimum atomic E-state index is -1.28. The zero-order valence-electron chi connectivity index (χ0n) is 12.6. The van der Waals surface area contributed by atoms with E-state index in [1.165, 1.54) is 0 Å². The second-order valence-corrected chi connectivity index (χ2v) is 5.82. The fraction of sp³-hybridized carbons (Fsp3) is 0.222. The third kappa shape index (κ3) is 3.18. The third-order valence-corrected chi connectivity index (χ3v) is 4.07.